The van der Waals surface area contributed by atoms with Gasteiger partial charge in [0.05, 0.1) is 18.3 Å². The summed E-state index contributed by atoms with van der Waals surface area (Å²) in [5.74, 6) is 0.0407. The van der Waals surface area contributed by atoms with E-state index in [9.17, 15) is 4.79 Å². The Hall–Kier alpha value is -1.20. The minimum absolute atomic E-state index is 0.0332. The summed E-state index contributed by atoms with van der Waals surface area (Å²) >= 11 is 5.89. The molecule has 1 aromatic heterocycles. The zero-order valence-corrected chi connectivity index (χ0v) is 11.2. The highest BCUT2D eigenvalue weighted by Crippen LogP contribution is 2.15. The third kappa shape index (κ3) is 3.17. The second-order valence-electron chi connectivity index (χ2n) is 4.50. The number of likely N-dealkylation sites (N-methyl/N-ethyl adjacent to an activating group) is 1. The van der Waals surface area contributed by atoms with Gasteiger partial charge in [-0.15, -0.1) is 0 Å². The SMILES string of the molecule is CN1CCCCC1C(=O)NCc1nccnc1Cl. The van der Waals surface area contributed by atoms with Crippen molar-refractivity contribution in [2.75, 3.05) is 13.6 Å². The molecule has 6 heteroatoms. The first-order chi connectivity index (χ1) is 8.68. The molecule has 0 bridgehead atoms. The van der Waals surface area contributed by atoms with Crippen LogP contribution in [-0.4, -0.2) is 40.4 Å². The van der Waals surface area contributed by atoms with Crippen molar-refractivity contribution < 1.29 is 4.79 Å². The van der Waals surface area contributed by atoms with E-state index < -0.39 is 0 Å². The first-order valence-electron chi connectivity index (χ1n) is 6.12. The van der Waals surface area contributed by atoms with Crippen molar-refractivity contribution in [2.24, 2.45) is 0 Å². The molecule has 1 saturated heterocycles. The summed E-state index contributed by atoms with van der Waals surface area (Å²) in [5.41, 5.74) is 0.603. The molecule has 98 valence electrons. The van der Waals surface area contributed by atoms with Gasteiger partial charge in [0.15, 0.2) is 5.15 Å². The molecule has 1 fully saturated rings. The third-order valence-corrected chi connectivity index (χ3v) is 3.54. The number of likely N-dealkylation sites (tertiary alicyclic amines) is 1. The number of nitrogens with one attached hydrogen (secondary N) is 1. The molecule has 1 unspecified atom stereocenters. The molecule has 5 nitrogen and oxygen atoms in total. The lowest BCUT2D eigenvalue weighted by atomic mass is 10.0. The van der Waals surface area contributed by atoms with E-state index in [0.29, 0.717) is 17.4 Å². The number of amides is 1. The number of halogens is 1. The second-order valence-corrected chi connectivity index (χ2v) is 4.86. The highest BCUT2D eigenvalue weighted by Gasteiger charge is 2.25. The Labute approximate surface area is 112 Å². The zero-order chi connectivity index (χ0) is 13.0. The van der Waals surface area contributed by atoms with E-state index in [1.807, 2.05) is 7.05 Å². The number of rotatable bonds is 3. The van der Waals surface area contributed by atoms with E-state index in [0.717, 1.165) is 25.8 Å². The molecule has 0 spiro atoms. The Kier molecular flexibility index (Phi) is 4.49. The molecular weight excluding hydrogens is 252 g/mol. The van der Waals surface area contributed by atoms with Crippen LogP contribution in [0.2, 0.25) is 5.15 Å². The van der Waals surface area contributed by atoms with Crippen LogP contribution in [-0.2, 0) is 11.3 Å². The molecule has 2 heterocycles. The second kappa shape index (κ2) is 6.11. The van der Waals surface area contributed by atoms with E-state index in [1.165, 1.54) is 6.20 Å². The Morgan fingerprint density at radius 1 is 1.50 bits per heavy atom. The van der Waals surface area contributed by atoms with Crippen LogP contribution in [0.15, 0.2) is 12.4 Å². The molecule has 0 aromatic carbocycles. The predicted molar refractivity (Wildman–Crippen MR) is 69.2 cm³/mol. The van der Waals surface area contributed by atoms with Crippen LogP contribution in [0.25, 0.3) is 0 Å². The van der Waals surface area contributed by atoms with Crippen LogP contribution >= 0.6 is 11.6 Å². The van der Waals surface area contributed by atoms with Crippen molar-refractivity contribution in [3.05, 3.63) is 23.2 Å². The largest absolute Gasteiger partial charge is 0.349 e. The molecule has 1 N–H and O–H groups in total. The highest BCUT2D eigenvalue weighted by atomic mass is 35.5. The van der Waals surface area contributed by atoms with E-state index >= 15 is 0 Å². The molecule has 0 radical (unpaired) electrons. The number of carbonyl (C=O) groups is 1. The number of hydrogen-bond donors (Lipinski definition) is 1. The maximum atomic E-state index is 12.0. The van der Waals surface area contributed by atoms with Crippen LogP contribution in [0.5, 0.6) is 0 Å². The van der Waals surface area contributed by atoms with Gasteiger partial charge in [0.1, 0.15) is 0 Å². The number of piperidine rings is 1. The van der Waals surface area contributed by atoms with Crippen molar-refractivity contribution in [1.29, 1.82) is 0 Å². The molecule has 18 heavy (non-hydrogen) atoms. The summed E-state index contributed by atoms with van der Waals surface area (Å²) in [4.78, 5) is 22.2. The summed E-state index contributed by atoms with van der Waals surface area (Å²) in [6, 6.07) is -0.0332. The fourth-order valence-electron chi connectivity index (χ4n) is 2.16. The summed E-state index contributed by atoms with van der Waals surface area (Å²) < 4.78 is 0. The summed E-state index contributed by atoms with van der Waals surface area (Å²) in [6.45, 7) is 1.31. The van der Waals surface area contributed by atoms with Gasteiger partial charge in [-0.1, -0.05) is 18.0 Å². The summed E-state index contributed by atoms with van der Waals surface area (Å²) in [7, 11) is 1.98. The molecular formula is C12H17ClN4O. The van der Waals surface area contributed by atoms with Crippen LogP contribution in [0.1, 0.15) is 25.0 Å². The normalized spacial score (nSPS) is 20.7. The molecule has 2 rings (SSSR count). The zero-order valence-electron chi connectivity index (χ0n) is 10.4. The fraction of sp³-hybridized carbons (Fsp3) is 0.583. The van der Waals surface area contributed by atoms with Gasteiger partial charge in [0.2, 0.25) is 5.91 Å². The minimum atomic E-state index is -0.0332. The van der Waals surface area contributed by atoms with E-state index in [1.54, 1.807) is 6.20 Å². The number of nitrogens with zero attached hydrogens (tertiary/aromatic N) is 3. The van der Waals surface area contributed by atoms with Gasteiger partial charge in [0.25, 0.3) is 0 Å². The Bertz CT molecular complexity index is 426. The highest BCUT2D eigenvalue weighted by molar-refractivity contribution is 6.29. The van der Waals surface area contributed by atoms with Gasteiger partial charge in [-0.25, -0.2) is 4.98 Å². The average molecular weight is 269 g/mol. The lowest BCUT2D eigenvalue weighted by molar-refractivity contribution is -0.127. The molecule has 1 aliphatic heterocycles. The number of carbonyl (C=O) groups excluding carboxylic acids is 1. The maximum absolute atomic E-state index is 12.0. The van der Waals surface area contributed by atoms with Crippen molar-refractivity contribution in [1.82, 2.24) is 20.2 Å². The lowest BCUT2D eigenvalue weighted by Crippen LogP contribution is -2.47. The van der Waals surface area contributed by atoms with Gasteiger partial charge in [-0.05, 0) is 26.4 Å². The van der Waals surface area contributed by atoms with Crippen molar-refractivity contribution in [2.45, 2.75) is 31.8 Å². The van der Waals surface area contributed by atoms with Crippen molar-refractivity contribution in [3.8, 4) is 0 Å². The smallest absolute Gasteiger partial charge is 0.237 e. The maximum Gasteiger partial charge on any atom is 0.237 e. The Balaban J connectivity index is 1.90. The van der Waals surface area contributed by atoms with Gasteiger partial charge in [-0.3, -0.25) is 14.7 Å². The monoisotopic (exact) mass is 268 g/mol. The van der Waals surface area contributed by atoms with E-state index in [-0.39, 0.29) is 11.9 Å². The Morgan fingerprint density at radius 3 is 3.00 bits per heavy atom. The molecule has 0 saturated carbocycles. The standard InChI is InChI=1S/C12H17ClN4O/c1-17-7-3-2-4-10(17)12(18)16-8-9-11(13)15-6-5-14-9/h5-6,10H,2-4,7-8H2,1H3,(H,16,18). The van der Waals surface area contributed by atoms with Gasteiger partial charge in [-0.2, -0.15) is 0 Å². The summed E-state index contributed by atoms with van der Waals surface area (Å²) in [5, 5.41) is 3.21. The van der Waals surface area contributed by atoms with Crippen LogP contribution in [0, 0.1) is 0 Å². The number of hydrogen-bond acceptors (Lipinski definition) is 4. The van der Waals surface area contributed by atoms with Crippen LogP contribution in [0.3, 0.4) is 0 Å². The topological polar surface area (TPSA) is 58.1 Å². The Morgan fingerprint density at radius 2 is 2.28 bits per heavy atom. The summed E-state index contributed by atoms with van der Waals surface area (Å²) in [6.07, 6.45) is 6.28. The quantitative estimate of drug-likeness (QED) is 0.896. The van der Waals surface area contributed by atoms with Crippen molar-refractivity contribution >= 4 is 17.5 Å². The molecule has 1 atom stereocenters. The lowest BCUT2D eigenvalue weighted by Gasteiger charge is -2.31. The van der Waals surface area contributed by atoms with Crippen molar-refractivity contribution in [3.63, 3.8) is 0 Å². The van der Waals surface area contributed by atoms with E-state index in [2.05, 4.69) is 20.2 Å². The predicted octanol–water partition coefficient (Wildman–Crippen LogP) is 1.23. The average Bonchev–Trinajstić information content (AvgIpc) is 2.38. The van der Waals surface area contributed by atoms with E-state index in [4.69, 9.17) is 11.6 Å². The van der Waals surface area contributed by atoms with Gasteiger partial charge in [0, 0.05) is 12.4 Å². The molecule has 1 aromatic rings. The molecule has 0 aliphatic carbocycles. The molecule has 1 amide bonds. The first kappa shape index (κ1) is 13.2. The van der Waals surface area contributed by atoms with Gasteiger partial charge < -0.3 is 5.32 Å². The molecule has 1 aliphatic rings. The van der Waals surface area contributed by atoms with Crippen LogP contribution in [0.4, 0.5) is 0 Å². The number of aromatic nitrogens is 2. The van der Waals surface area contributed by atoms with Crippen LogP contribution < -0.4 is 5.32 Å². The van der Waals surface area contributed by atoms with Gasteiger partial charge >= 0.3 is 0 Å². The third-order valence-electron chi connectivity index (χ3n) is 3.23. The fourth-order valence-corrected chi connectivity index (χ4v) is 2.34. The minimum Gasteiger partial charge on any atom is -0.349 e. The first-order valence-corrected chi connectivity index (χ1v) is 6.49.